The number of hydrogen-bond donors (Lipinski definition) is 1. The number of imidazole rings is 1. The summed E-state index contributed by atoms with van der Waals surface area (Å²) in [6.45, 7) is 1.99. The highest BCUT2D eigenvalue weighted by Crippen LogP contribution is 2.36. The Hall–Kier alpha value is -1.32. The molecule has 1 N–H and O–H groups in total. The van der Waals surface area contributed by atoms with E-state index in [9.17, 15) is 4.79 Å². The van der Waals surface area contributed by atoms with Crippen LogP contribution in [0.2, 0.25) is 0 Å². The molecule has 1 aliphatic rings. The van der Waals surface area contributed by atoms with Gasteiger partial charge < -0.3 is 9.67 Å². The van der Waals surface area contributed by atoms with E-state index in [-0.39, 0.29) is 5.69 Å². The minimum Gasteiger partial charge on any atom is -0.476 e. The fourth-order valence-electron chi connectivity index (χ4n) is 1.47. The Bertz CT molecular complexity index is 339. The summed E-state index contributed by atoms with van der Waals surface area (Å²) in [6.07, 6.45) is 4.76. The Morgan fingerprint density at radius 2 is 2.46 bits per heavy atom. The lowest BCUT2D eigenvalue weighted by atomic mass is 10.4. The van der Waals surface area contributed by atoms with Gasteiger partial charge in [-0.2, -0.15) is 0 Å². The number of carbonyl (C=O) groups is 1. The second kappa shape index (κ2) is 2.87. The third-order valence-electron chi connectivity index (χ3n) is 2.28. The number of rotatable bonds is 3. The highest BCUT2D eigenvalue weighted by molar-refractivity contribution is 5.85. The van der Waals surface area contributed by atoms with Gasteiger partial charge in [-0.25, -0.2) is 9.78 Å². The Morgan fingerprint density at radius 1 is 1.77 bits per heavy atom. The fourth-order valence-corrected chi connectivity index (χ4v) is 1.47. The zero-order valence-corrected chi connectivity index (χ0v) is 7.53. The summed E-state index contributed by atoms with van der Waals surface area (Å²) in [4.78, 5) is 14.7. The van der Waals surface area contributed by atoms with Gasteiger partial charge in [-0.3, -0.25) is 0 Å². The van der Waals surface area contributed by atoms with Crippen LogP contribution in [0.1, 0.15) is 42.1 Å². The van der Waals surface area contributed by atoms with E-state index in [0.717, 1.165) is 25.1 Å². The van der Waals surface area contributed by atoms with Gasteiger partial charge in [0.25, 0.3) is 0 Å². The number of aromatic carboxylic acids is 1. The average molecular weight is 180 g/mol. The minimum absolute atomic E-state index is 0.170. The average Bonchev–Trinajstić information content (AvgIpc) is 2.84. The van der Waals surface area contributed by atoms with Gasteiger partial charge in [-0.1, -0.05) is 6.92 Å². The van der Waals surface area contributed by atoms with E-state index >= 15 is 0 Å². The Kier molecular flexibility index (Phi) is 1.83. The monoisotopic (exact) mass is 180 g/mol. The Morgan fingerprint density at radius 3 is 2.92 bits per heavy atom. The fraction of sp³-hybridized carbons (Fsp3) is 0.556. The molecule has 1 saturated carbocycles. The molecule has 4 heteroatoms. The number of hydrogen-bond acceptors (Lipinski definition) is 2. The molecular weight excluding hydrogens is 168 g/mol. The van der Waals surface area contributed by atoms with Crippen LogP contribution in [0.15, 0.2) is 6.20 Å². The van der Waals surface area contributed by atoms with Crippen molar-refractivity contribution in [1.29, 1.82) is 0 Å². The molecule has 1 aromatic rings. The van der Waals surface area contributed by atoms with Gasteiger partial charge in [0.1, 0.15) is 5.82 Å². The SMILES string of the molecule is CCc1nc(C(=O)O)cn1C1CC1. The van der Waals surface area contributed by atoms with E-state index < -0.39 is 5.97 Å². The molecule has 13 heavy (non-hydrogen) atoms. The molecule has 0 atom stereocenters. The van der Waals surface area contributed by atoms with Crippen molar-refractivity contribution < 1.29 is 9.90 Å². The zero-order valence-electron chi connectivity index (χ0n) is 7.53. The molecule has 0 aliphatic heterocycles. The normalized spacial score (nSPS) is 16.1. The topological polar surface area (TPSA) is 55.1 Å². The molecular formula is C9H12N2O2. The summed E-state index contributed by atoms with van der Waals surface area (Å²) in [5.41, 5.74) is 0.170. The molecule has 1 aromatic heterocycles. The molecule has 0 bridgehead atoms. The van der Waals surface area contributed by atoms with Gasteiger partial charge in [0, 0.05) is 18.7 Å². The lowest BCUT2D eigenvalue weighted by Crippen LogP contribution is -1.98. The summed E-state index contributed by atoms with van der Waals surface area (Å²) in [5.74, 6) is -0.0472. The molecule has 0 spiro atoms. The highest BCUT2D eigenvalue weighted by atomic mass is 16.4. The maximum absolute atomic E-state index is 10.6. The quantitative estimate of drug-likeness (QED) is 0.766. The molecule has 0 unspecified atom stereocenters. The first-order valence-electron chi connectivity index (χ1n) is 4.53. The van der Waals surface area contributed by atoms with Crippen LogP contribution in [-0.4, -0.2) is 20.6 Å². The van der Waals surface area contributed by atoms with Gasteiger partial charge in [0.2, 0.25) is 0 Å². The van der Waals surface area contributed by atoms with Crippen molar-refractivity contribution in [2.75, 3.05) is 0 Å². The summed E-state index contributed by atoms with van der Waals surface area (Å²) >= 11 is 0. The number of carboxylic acids is 1. The minimum atomic E-state index is -0.936. The molecule has 70 valence electrons. The zero-order chi connectivity index (χ0) is 9.42. The van der Waals surface area contributed by atoms with Crippen LogP contribution in [0, 0.1) is 0 Å². The first kappa shape index (κ1) is 8.29. The van der Waals surface area contributed by atoms with Crippen LogP contribution in [-0.2, 0) is 6.42 Å². The van der Waals surface area contributed by atoms with Crippen molar-refractivity contribution in [2.24, 2.45) is 0 Å². The summed E-state index contributed by atoms with van der Waals surface area (Å²) in [6, 6.07) is 0.510. The lowest BCUT2D eigenvalue weighted by molar-refractivity contribution is 0.0691. The smallest absolute Gasteiger partial charge is 0.356 e. The Balaban J connectivity index is 2.36. The van der Waals surface area contributed by atoms with E-state index in [1.165, 1.54) is 0 Å². The second-order valence-electron chi connectivity index (χ2n) is 3.34. The summed E-state index contributed by atoms with van der Waals surface area (Å²) in [5, 5.41) is 8.74. The van der Waals surface area contributed by atoms with Crippen molar-refractivity contribution in [1.82, 2.24) is 9.55 Å². The van der Waals surface area contributed by atoms with E-state index in [0.29, 0.717) is 6.04 Å². The number of aromatic nitrogens is 2. The third kappa shape index (κ3) is 1.43. The van der Waals surface area contributed by atoms with Gasteiger partial charge in [-0.15, -0.1) is 0 Å². The van der Waals surface area contributed by atoms with E-state index in [4.69, 9.17) is 5.11 Å². The summed E-state index contributed by atoms with van der Waals surface area (Å²) in [7, 11) is 0. The van der Waals surface area contributed by atoms with E-state index in [1.807, 2.05) is 11.5 Å². The first-order chi connectivity index (χ1) is 6.22. The molecule has 2 rings (SSSR count). The second-order valence-corrected chi connectivity index (χ2v) is 3.34. The summed E-state index contributed by atoms with van der Waals surface area (Å²) < 4.78 is 2.00. The maximum Gasteiger partial charge on any atom is 0.356 e. The van der Waals surface area contributed by atoms with Crippen LogP contribution in [0.4, 0.5) is 0 Å². The van der Waals surface area contributed by atoms with Crippen molar-refractivity contribution in [2.45, 2.75) is 32.2 Å². The van der Waals surface area contributed by atoms with Crippen molar-refractivity contribution in [3.63, 3.8) is 0 Å². The van der Waals surface area contributed by atoms with Crippen LogP contribution in [0.25, 0.3) is 0 Å². The first-order valence-corrected chi connectivity index (χ1v) is 4.53. The number of aryl methyl sites for hydroxylation is 1. The van der Waals surface area contributed by atoms with Gasteiger partial charge in [0.15, 0.2) is 5.69 Å². The molecule has 0 saturated heterocycles. The predicted octanol–water partition coefficient (Wildman–Crippen LogP) is 1.48. The molecule has 1 heterocycles. The van der Waals surface area contributed by atoms with Gasteiger partial charge in [0.05, 0.1) is 0 Å². The van der Waals surface area contributed by atoms with Gasteiger partial charge >= 0.3 is 5.97 Å². The standard InChI is InChI=1S/C9H12N2O2/c1-2-8-10-7(9(12)13)5-11(8)6-3-4-6/h5-6H,2-4H2,1H3,(H,12,13). The Labute approximate surface area is 76.2 Å². The molecule has 0 amide bonds. The van der Waals surface area contributed by atoms with Crippen molar-refractivity contribution >= 4 is 5.97 Å². The van der Waals surface area contributed by atoms with Crippen LogP contribution >= 0.6 is 0 Å². The number of nitrogens with zero attached hydrogens (tertiary/aromatic N) is 2. The maximum atomic E-state index is 10.6. The van der Waals surface area contributed by atoms with Crippen LogP contribution in [0.3, 0.4) is 0 Å². The third-order valence-corrected chi connectivity index (χ3v) is 2.28. The highest BCUT2D eigenvalue weighted by Gasteiger charge is 2.26. The molecule has 1 aliphatic carbocycles. The van der Waals surface area contributed by atoms with Crippen molar-refractivity contribution in [3.05, 3.63) is 17.7 Å². The van der Waals surface area contributed by atoms with E-state index in [1.54, 1.807) is 6.20 Å². The van der Waals surface area contributed by atoms with E-state index in [2.05, 4.69) is 4.98 Å². The lowest BCUT2D eigenvalue weighted by Gasteiger charge is -2.01. The molecule has 0 aromatic carbocycles. The largest absolute Gasteiger partial charge is 0.476 e. The van der Waals surface area contributed by atoms with Gasteiger partial charge in [-0.05, 0) is 12.8 Å². The van der Waals surface area contributed by atoms with Crippen molar-refractivity contribution in [3.8, 4) is 0 Å². The molecule has 0 radical (unpaired) electrons. The molecule has 1 fully saturated rings. The predicted molar refractivity (Wildman–Crippen MR) is 46.8 cm³/mol. The van der Waals surface area contributed by atoms with Crippen LogP contribution in [0.5, 0.6) is 0 Å². The number of carboxylic acid groups (broad SMARTS) is 1. The van der Waals surface area contributed by atoms with Crippen LogP contribution < -0.4 is 0 Å². The molecule has 4 nitrogen and oxygen atoms in total.